The topological polar surface area (TPSA) is 38.9 Å². The van der Waals surface area contributed by atoms with Gasteiger partial charge in [-0.3, -0.25) is 0 Å². The lowest BCUT2D eigenvalue weighted by atomic mass is 10.2. The van der Waals surface area contributed by atoms with Gasteiger partial charge in [0, 0.05) is 10.6 Å². The van der Waals surface area contributed by atoms with Crippen molar-refractivity contribution in [3.05, 3.63) is 35.1 Å². The van der Waals surface area contributed by atoms with Crippen LogP contribution in [-0.2, 0) is 4.43 Å². The molecule has 3 nitrogen and oxygen atoms in total. The first-order valence-electron chi connectivity index (χ1n) is 3.94. The number of aromatic nitrogens is 2. The summed E-state index contributed by atoms with van der Waals surface area (Å²) in [5.74, 6) is 1.24. The second-order valence-corrected chi connectivity index (χ2v) is 3.86. The molecule has 0 amide bonds. The summed E-state index contributed by atoms with van der Waals surface area (Å²) in [6.45, 7) is 0. The van der Waals surface area contributed by atoms with Crippen molar-refractivity contribution in [2.24, 2.45) is 0 Å². The summed E-state index contributed by atoms with van der Waals surface area (Å²) >= 11 is 7.95. The number of benzene rings is 1. The monoisotopic (exact) mass is 320 g/mol. The first kappa shape index (κ1) is 9.92. The molecular weight excluding hydrogens is 314 g/mol. The Morgan fingerprint density at radius 3 is 2.57 bits per heavy atom. The summed E-state index contributed by atoms with van der Waals surface area (Å²) in [7, 11) is 0. The van der Waals surface area contributed by atoms with E-state index in [0.717, 1.165) is 9.99 Å². The van der Waals surface area contributed by atoms with E-state index in [9.17, 15) is 0 Å². The molecule has 0 saturated carbocycles. The van der Waals surface area contributed by atoms with Crippen LogP contribution in [0.1, 0.15) is 5.82 Å². The molecule has 2 rings (SSSR count). The molecule has 0 atom stereocenters. The van der Waals surface area contributed by atoms with E-state index in [4.69, 9.17) is 16.1 Å². The van der Waals surface area contributed by atoms with Crippen LogP contribution >= 0.6 is 34.2 Å². The number of alkyl halides is 1. The fraction of sp³-hybridized carbons (Fsp3) is 0.111. The number of rotatable bonds is 2. The van der Waals surface area contributed by atoms with Crippen molar-refractivity contribution in [1.29, 1.82) is 0 Å². The molecule has 0 bridgehead atoms. The first-order valence-corrected chi connectivity index (χ1v) is 5.84. The van der Waals surface area contributed by atoms with Crippen LogP contribution in [0.5, 0.6) is 0 Å². The van der Waals surface area contributed by atoms with Gasteiger partial charge in [-0.25, -0.2) is 0 Å². The third kappa shape index (κ3) is 2.06. The molecule has 5 heteroatoms. The highest BCUT2D eigenvalue weighted by Gasteiger charge is 2.06. The smallest absolute Gasteiger partial charge is 0.257 e. The second kappa shape index (κ2) is 4.27. The molecule has 72 valence electrons. The average molecular weight is 321 g/mol. The molecule has 1 heterocycles. The highest BCUT2D eigenvalue weighted by atomic mass is 127. The van der Waals surface area contributed by atoms with Gasteiger partial charge < -0.3 is 4.52 Å². The molecule has 0 spiro atoms. The molecule has 0 aliphatic carbocycles. The van der Waals surface area contributed by atoms with Crippen molar-refractivity contribution in [2.75, 3.05) is 0 Å². The van der Waals surface area contributed by atoms with Crippen molar-refractivity contribution in [3.8, 4) is 11.5 Å². The van der Waals surface area contributed by atoms with E-state index in [0.29, 0.717) is 16.7 Å². The zero-order valence-electron chi connectivity index (χ0n) is 7.08. The predicted octanol–water partition coefficient (Wildman–Crippen LogP) is 3.33. The summed E-state index contributed by atoms with van der Waals surface area (Å²) in [4.78, 5) is 4.20. The van der Waals surface area contributed by atoms with Gasteiger partial charge in [-0.2, -0.15) is 4.98 Å². The van der Waals surface area contributed by atoms with Gasteiger partial charge in [0.15, 0.2) is 5.82 Å². The lowest BCUT2D eigenvalue weighted by Crippen LogP contribution is -1.80. The lowest BCUT2D eigenvalue weighted by molar-refractivity contribution is 0.425. The highest BCUT2D eigenvalue weighted by Crippen LogP contribution is 2.19. The minimum absolute atomic E-state index is 0.535. The van der Waals surface area contributed by atoms with Crippen molar-refractivity contribution in [1.82, 2.24) is 10.1 Å². The van der Waals surface area contributed by atoms with Crippen LogP contribution < -0.4 is 0 Å². The van der Waals surface area contributed by atoms with Crippen LogP contribution in [0.15, 0.2) is 28.8 Å². The minimum Gasteiger partial charge on any atom is -0.334 e. The minimum atomic E-state index is 0.535. The van der Waals surface area contributed by atoms with Crippen molar-refractivity contribution in [2.45, 2.75) is 4.43 Å². The second-order valence-electron chi connectivity index (χ2n) is 2.66. The van der Waals surface area contributed by atoms with Crippen LogP contribution in [-0.4, -0.2) is 10.1 Å². The molecular formula is C9H6ClIN2O. The van der Waals surface area contributed by atoms with Gasteiger partial charge in [-0.15, -0.1) is 0 Å². The molecule has 0 aliphatic heterocycles. The van der Waals surface area contributed by atoms with E-state index in [1.807, 2.05) is 12.1 Å². The van der Waals surface area contributed by atoms with E-state index in [1.54, 1.807) is 12.1 Å². The molecule has 0 aliphatic rings. The van der Waals surface area contributed by atoms with Gasteiger partial charge in [-0.1, -0.05) is 39.3 Å². The van der Waals surface area contributed by atoms with Crippen LogP contribution in [0.4, 0.5) is 0 Å². The maximum Gasteiger partial charge on any atom is 0.257 e. The van der Waals surface area contributed by atoms with E-state index in [-0.39, 0.29) is 0 Å². The van der Waals surface area contributed by atoms with Crippen LogP contribution in [0, 0.1) is 0 Å². The predicted molar refractivity (Wildman–Crippen MR) is 62.5 cm³/mol. The zero-order valence-corrected chi connectivity index (χ0v) is 9.99. The number of hydrogen-bond donors (Lipinski definition) is 0. The lowest BCUT2D eigenvalue weighted by Gasteiger charge is -1.92. The van der Waals surface area contributed by atoms with E-state index >= 15 is 0 Å². The Balaban J connectivity index is 2.34. The Morgan fingerprint density at radius 2 is 2.00 bits per heavy atom. The van der Waals surface area contributed by atoms with E-state index in [1.165, 1.54) is 0 Å². The average Bonchev–Trinajstić information content (AvgIpc) is 2.67. The van der Waals surface area contributed by atoms with Gasteiger partial charge in [0.1, 0.15) is 0 Å². The largest absolute Gasteiger partial charge is 0.334 e. The molecule has 14 heavy (non-hydrogen) atoms. The van der Waals surface area contributed by atoms with Gasteiger partial charge in [-0.05, 0) is 24.3 Å². The van der Waals surface area contributed by atoms with Gasteiger partial charge in [0.25, 0.3) is 5.89 Å². The molecule has 0 N–H and O–H groups in total. The van der Waals surface area contributed by atoms with Crippen molar-refractivity contribution in [3.63, 3.8) is 0 Å². The molecule has 0 unspecified atom stereocenters. The van der Waals surface area contributed by atoms with Crippen molar-refractivity contribution >= 4 is 34.2 Å². The van der Waals surface area contributed by atoms with Crippen LogP contribution in [0.25, 0.3) is 11.5 Å². The summed E-state index contributed by atoms with van der Waals surface area (Å²) < 4.78 is 5.82. The third-order valence-corrected chi connectivity index (χ3v) is 2.61. The summed E-state index contributed by atoms with van der Waals surface area (Å²) in [6.07, 6.45) is 0. The Hall–Kier alpha value is -0.620. The fourth-order valence-corrected chi connectivity index (χ4v) is 1.45. The number of nitrogens with zero attached hydrogens (tertiary/aromatic N) is 2. The quantitative estimate of drug-likeness (QED) is 0.629. The fourth-order valence-electron chi connectivity index (χ4n) is 1.02. The maximum absolute atomic E-state index is 5.76. The SMILES string of the molecule is Clc1ccc(-c2nc(CI)no2)cc1. The zero-order chi connectivity index (χ0) is 9.97. The molecule has 0 fully saturated rings. The van der Waals surface area contributed by atoms with Gasteiger partial charge in [0.05, 0.1) is 4.43 Å². The maximum atomic E-state index is 5.76. The Bertz CT molecular complexity index is 427. The van der Waals surface area contributed by atoms with Crippen molar-refractivity contribution < 1.29 is 4.52 Å². The standard InChI is InChI=1S/C9H6ClIN2O/c10-7-3-1-6(2-4-7)9-12-8(5-11)13-14-9/h1-4H,5H2. The summed E-state index contributed by atoms with van der Waals surface area (Å²) in [5, 5.41) is 4.50. The van der Waals surface area contributed by atoms with Crippen LogP contribution in [0.2, 0.25) is 5.02 Å². The summed E-state index contributed by atoms with van der Waals surface area (Å²) in [5.41, 5.74) is 0.887. The number of halogens is 2. The first-order chi connectivity index (χ1) is 6.79. The molecule has 1 aromatic heterocycles. The van der Waals surface area contributed by atoms with Crippen LogP contribution in [0.3, 0.4) is 0 Å². The molecule has 1 aromatic carbocycles. The summed E-state index contributed by atoms with van der Waals surface area (Å²) in [6, 6.07) is 7.30. The Morgan fingerprint density at radius 1 is 1.29 bits per heavy atom. The third-order valence-electron chi connectivity index (χ3n) is 1.68. The van der Waals surface area contributed by atoms with E-state index in [2.05, 4.69) is 32.7 Å². The molecule has 2 aromatic rings. The van der Waals surface area contributed by atoms with Gasteiger partial charge in [0.2, 0.25) is 0 Å². The normalized spacial score (nSPS) is 10.4. The Kier molecular flexibility index (Phi) is 3.02. The molecule has 0 saturated heterocycles. The molecule has 0 radical (unpaired) electrons. The highest BCUT2D eigenvalue weighted by molar-refractivity contribution is 14.1. The number of hydrogen-bond acceptors (Lipinski definition) is 3. The Labute approximate surface area is 99.6 Å². The van der Waals surface area contributed by atoms with Gasteiger partial charge >= 0.3 is 0 Å². The van der Waals surface area contributed by atoms with E-state index < -0.39 is 0 Å².